The van der Waals surface area contributed by atoms with Crippen LogP contribution < -0.4 is 5.32 Å². The zero-order valence-electron chi connectivity index (χ0n) is 19.0. The summed E-state index contributed by atoms with van der Waals surface area (Å²) in [6, 6.07) is 7.03. The number of esters is 3. The fraction of sp³-hybridized carbons (Fsp3) is 0.304. The minimum absolute atomic E-state index is 0.0329. The highest BCUT2D eigenvalue weighted by Gasteiger charge is 2.30. The Balaban J connectivity index is 1.82. The first-order valence-corrected chi connectivity index (χ1v) is 11.2. The van der Waals surface area contributed by atoms with Gasteiger partial charge in [-0.15, -0.1) is 11.3 Å². The van der Waals surface area contributed by atoms with E-state index >= 15 is 0 Å². The van der Waals surface area contributed by atoms with E-state index in [9.17, 15) is 19.2 Å². The summed E-state index contributed by atoms with van der Waals surface area (Å²) in [4.78, 5) is 58.7. The second-order valence-electron chi connectivity index (χ2n) is 7.01. The number of hydrogen-bond donors (Lipinski definition) is 1. The fourth-order valence-electron chi connectivity index (χ4n) is 3.10. The van der Waals surface area contributed by atoms with Crippen LogP contribution in [0.3, 0.4) is 0 Å². The Morgan fingerprint density at radius 1 is 1.06 bits per heavy atom. The maximum absolute atomic E-state index is 12.9. The molecule has 0 radical (unpaired) electrons. The van der Waals surface area contributed by atoms with Crippen LogP contribution in [-0.4, -0.2) is 53.6 Å². The highest BCUT2D eigenvalue weighted by atomic mass is 32.1. The molecule has 1 N–H and O–H groups in total. The summed E-state index contributed by atoms with van der Waals surface area (Å²) in [5.41, 5.74) is 1.44. The molecule has 1 unspecified atom stereocenters. The first-order valence-electron chi connectivity index (χ1n) is 10.4. The van der Waals surface area contributed by atoms with Crippen molar-refractivity contribution in [3.63, 3.8) is 0 Å². The van der Waals surface area contributed by atoms with E-state index in [4.69, 9.17) is 14.2 Å². The van der Waals surface area contributed by atoms with Gasteiger partial charge in [-0.3, -0.25) is 9.78 Å². The highest BCUT2D eigenvalue weighted by Crippen LogP contribution is 2.34. The molecule has 0 aliphatic rings. The molecule has 0 bridgehead atoms. The lowest BCUT2D eigenvalue weighted by molar-refractivity contribution is -0.124. The van der Waals surface area contributed by atoms with Crippen LogP contribution >= 0.6 is 11.3 Å². The van der Waals surface area contributed by atoms with Crippen LogP contribution in [0.5, 0.6) is 0 Å². The van der Waals surface area contributed by atoms with Crippen LogP contribution in [0.2, 0.25) is 0 Å². The van der Waals surface area contributed by atoms with Crippen molar-refractivity contribution in [2.24, 2.45) is 0 Å². The molecule has 2 aromatic heterocycles. The SMILES string of the molecule is CCOC(=O)c1sc(NC(=O)C(CC)OC(=O)c2cnc3ccccc3n2)c(C(=O)OC)c1C. The van der Waals surface area contributed by atoms with Crippen molar-refractivity contribution in [1.82, 2.24) is 9.97 Å². The third-order valence-corrected chi connectivity index (χ3v) is 5.99. The number of hydrogen-bond acceptors (Lipinski definition) is 10. The molecule has 0 aliphatic carbocycles. The minimum atomic E-state index is -1.18. The third kappa shape index (κ3) is 5.20. The smallest absolute Gasteiger partial charge is 0.359 e. The van der Waals surface area contributed by atoms with Gasteiger partial charge in [-0.05, 0) is 38.0 Å². The van der Waals surface area contributed by atoms with Gasteiger partial charge in [0.15, 0.2) is 11.8 Å². The van der Waals surface area contributed by atoms with E-state index in [1.807, 2.05) is 0 Å². The number of nitrogens with zero attached hydrogens (tertiary/aromatic N) is 2. The van der Waals surface area contributed by atoms with E-state index in [1.165, 1.54) is 13.3 Å². The van der Waals surface area contributed by atoms with Gasteiger partial charge >= 0.3 is 17.9 Å². The van der Waals surface area contributed by atoms with Crippen molar-refractivity contribution in [2.45, 2.75) is 33.3 Å². The Kier molecular flexibility index (Phi) is 7.90. The van der Waals surface area contributed by atoms with E-state index in [0.717, 1.165) is 11.3 Å². The van der Waals surface area contributed by atoms with Crippen molar-refractivity contribution < 1.29 is 33.4 Å². The molecule has 178 valence electrons. The zero-order valence-corrected chi connectivity index (χ0v) is 19.9. The summed E-state index contributed by atoms with van der Waals surface area (Å²) < 4.78 is 15.2. The standard InChI is InChI=1S/C23H23N3O7S/c1-5-16(33-21(28)15-11-24-13-9-7-8-10-14(13)25-15)19(27)26-20-17(22(29)31-4)12(3)18(34-20)23(30)32-6-2/h7-11,16H,5-6H2,1-4H3,(H,26,27). The topological polar surface area (TPSA) is 134 Å². The molecular formula is C23H23N3O7S. The number of aromatic nitrogens is 2. The number of rotatable bonds is 8. The largest absolute Gasteiger partial charge is 0.465 e. The van der Waals surface area contributed by atoms with Gasteiger partial charge in [-0.25, -0.2) is 19.4 Å². The average Bonchev–Trinajstić information content (AvgIpc) is 3.17. The first-order chi connectivity index (χ1) is 16.3. The number of para-hydroxylation sites is 2. The molecule has 0 spiro atoms. The number of ether oxygens (including phenoxy) is 3. The number of fused-ring (bicyclic) bond motifs is 1. The van der Waals surface area contributed by atoms with Crippen molar-refractivity contribution >= 4 is 51.2 Å². The van der Waals surface area contributed by atoms with E-state index in [0.29, 0.717) is 16.6 Å². The molecule has 1 atom stereocenters. The molecule has 0 aliphatic heterocycles. The van der Waals surface area contributed by atoms with Gasteiger partial charge in [-0.2, -0.15) is 0 Å². The summed E-state index contributed by atoms with van der Waals surface area (Å²) in [6.45, 7) is 5.02. The van der Waals surface area contributed by atoms with Crippen LogP contribution in [0.15, 0.2) is 30.5 Å². The van der Waals surface area contributed by atoms with Crippen molar-refractivity contribution in [1.29, 1.82) is 0 Å². The van der Waals surface area contributed by atoms with Gasteiger partial charge in [0.1, 0.15) is 9.88 Å². The van der Waals surface area contributed by atoms with Crippen molar-refractivity contribution in [3.8, 4) is 0 Å². The van der Waals surface area contributed by atoms with E-state index < -0.39 is 29.9 Å². The molecule has 34 heavy (non-hydrogen) atoms. The molecule has 11 heteroatoms. The first kappa shape index (κ1) is 24.8. The van der Waals surface area contributed by atoms with Crippen molar-refractivity contribution in [3.05, 3.63) is 52.2 Å². The number of methoxy groups -OCH3 is 1. The van der Waals surface area contributed by atoms with Gasteiger partial charge in [0.25, 0.3) is 5.91 Å². The van der Waals surface area contributed by atoms with E-state index in [2.05, 4.69) is 15.3 Å². The van der Waals surface area contributed by atoms with Gasteiger partial charge in [0.2, 0.25) is 0 Å². The van der Waals surface area contributed by atoms with Crippen LogP contribution in [-0.2, 0) is 19.0 Å². The van der Waals surface area contributed by atoms with E-state index in [1.54, 1.807) is 45.0 Å². The van der Waals surface area contributed by atoms with Crippen LogP contribution in [0.1, 0.15) is 56.3 Å². The molecule has 10 nitrogen and oxygen atoms in total. The predicted octanol–water partition coefficient (Wildman–Crippen LogP) is 3.54. The third-order valence-electron chi connectivity index (χ3n) is 4.80. The molecule has 2 heterocycles. The Hall–Kier alpha value is -3.86. The molecule has 0 saturated carbocycles. The monoisotopic (exact) mass is 485 g/mol. The Morgan fingerprint density at radius 3 is 2.41 bits per heavy atom. The molecule has 1 amide bonds. The number of amides is 1. The number of nitrogens with one attached hydrogen (secondary N) is 1. The maximum atomic E-state index is 12.9. The van der Waals surface area contributed by atoms with Gasteiger partial charge in [0, 0.05) is 0 Å². The Bertz CT molecular complexity index is 1250. The number of carbonyl (C=O) groups is 4. The van der Waals surface area contributed by atoms with Crippen LogP contribution in [0.4, 0.5) is 5.00 Å². The summed E-state index contributed by atoms with van der Waals surface area (Å²) in [6.07, 6.45) is 0.250. The van der Waals surface area contributed by atoms with Gasteiger partial charge in [0.05, 0.1) is 36.5 Å². The lowest BCUT2D eigenvalue weighted by Crippen LogP contribution is -2.32. The Labute approximate surface area is 199 Å². The minimum Gasteiger partial charge on any atom is -0.465 e. The fourth-order valence-corrected chi connectivity index (χ4v) is 4.19. The highest BCUT2D eigenvalue weighted by molar-refractivity contribution is 7.18. The van der Waals surface area contributed by atoms with Crippen LogP contribution in [0, 0.1) is 6.92 Å². The van der Waals surface area contributed by atoms with Crippen LogP contribution in [0.25, 0.3) is 11.0 Å². The molecule has 3 aromatic rings. The zero-order chi connectivity index (χ0) is 24.8. The molecule has 0 saturated heterocycles. The summed E-state index contributed by atoms with van der Waals surface area (Å²) >= 11 is 0.881. The second-order valence-corrected chi connectivity index (χ2v) is 8.03. The lowest BCUT2D eigenvalue weighted by Gasteiger charge is -2.16. The molecule has 3 rings (SSSR count). The van der Waals surface area contributed by atoms with Gasteiger partial charge < -0.3 is 19.5 Å². The number of anilines is 1. The summed E-state index contributed by atoms with van der Waals surface area (Å²) in [5.74, 6) is -2.84. The molecular weight excluding hydrogens is 462 g/mol. The summed E-state index contributed by atoms with van der Waals surface area (Å²) in [5, 5.41) is 2.67. The van der Waals surface area contributed by atoms with E-state index in [-0.39, 0.29) is 34.2 Å². The Morgan fingerprint density at radius 2 is 1.76 bits per heavy atom. The quantitative estimate of drug-likeness (QED) is 0.375. The van der Waals surface area contributed by atoms with Gasteiger partial charge in [-0.1, -0.05) is 19.1 Å². The number of thiophene rings is 1. The predicted molar refractivity (Wildman–Crippen MR) is 124 cm³/mol. The second kappa shape index (κ2) is 10.8. The lowest BCUT2D eigenvalue weighted by atomic mass is 10.1. The molecule has 1 aromatic carbocycles. The summed E-state index contributed by atoms with van der Waals surface area (Å²) in [7, 11) is 1.19. The van der Waals surface area contributed by atoms with Crippen molar-refractivity contribution in [2.75, 3.05) is 19.0 Å². The maximum Gasteiger partial charge on any atom is 0.359 e. The average molecular weight is 486 g/mol. The number of carbonyl (C=O) groups excluding carboxylic acids is 4. The molecule has 0 fully saturated rings. The normalized spacial score (nSPS) is 11.5. The number of benzene rings is 1.